The number of nitrogens with one attached hydrogen (secondary N) is 1. The van der Waals surface area contributed by atoms with Gasteiger partial charge in [-0.05, 0) is 68.4 Å². The Hall–Kier alpha value is -2.25. The van der Waals surface area contributed by atoms with E-state index in [-0.39, 0.29) is 30.3 Å². The number of likely N-dealkylation sites (tertiary alicyclic amines) is 2. The van der Waals surface area contributed by atoms with Gasteiger partial charge in [-0.1, -0.05) is 32.9 Å². The molecule has 0 saturated carbocycles. The summed E-state index contributed by atoms with van der Waals surface area (Å²) in [5.74, 6) is 0.00363. The minimum Gasteiger partial charge on any atom is -0.368 e. The van der Waals surface area contributed by atoms with Gasteiger partial charge >= 0.3 is 0 Å². The molecule has 3 aliphatic heterocycles. The van der Waals surface area contributed by atoms with Gasteiger partial charge in [-0.3, -0.25) is 14.4 Å². The Bertz CT molecular complexity index is 868. The van der Waals surface area contributed by atoms with Gasteiger partial charge < -0.3 is 19.9 Å². The predicted octanol–water partition coefficient (Wildman–Crippen LogP) is 2.21. The van der Waals surface area contributed by atoms with Crippen molar-refractivity contribution in [1.82, 2.24) is 15.1 Å². The summed E-state index contributed by atoms with van der Waals surface area (Å²) in [6.07, 6.45) is 2.70. The van der Waals surface area contributed by atoms with Gasteiger partial charge in [-0.15, -0.1) is 0 Å². The number of hydrogen-bond donors (Lipinski definition) is 1. The number of hydrogen-bond acceptors (Lipinski definition) is 5. The molecule has 0 bridgehead atoms. The second-order valence-electron chi connectivity index (χ2n) is 10.6. The van der Waals surface area contributed by atoms with Crippen LogP contribution in [0.2, 0.25) is 0 Å². The largest absolute Gasteiger partial charge is 0.368 e. The number of benzene rings is 1. The van der Waals surface area contributed by atoms with E-state index in [0.717, 1.165) is 25.9 Å². The van der Waals surface area contributed by atoms with E-state index < -0.39 is 17.5 Å². The SMILES string of the molecule is CN1CCC(c2ccc(C(=O)N[C@H](C(=O)N3CC[C@H]4OCC(=O)[C@H]43)C(C)(C)C)cc2)CC1. The number of carbonyl (C=O) groups is 3. The van der Waals surface area contributed by atoms with Gasteiger partial charge in [0.2, 0.25) is 5.91 Å². The van der Waals surface area contributed by atoms with E-state index in [1.54, 1.807) is 4.90 Å². The molecule has 3 fully saturated rings. The zero-order valence-electron chi connectivity index (χ0n) is 19.6. The number of ether oxygens (including phenoxy) is 1. The maximum atomic E-state index is 13.4. The molecule has 3 aliphatic rings. The van der Waals surface area contributed by atoms with Gasteiger partial charge in [-0.2, -0.15) is 0 Å². The number of Topliss-reactive ketones (excluding diaryl/α,β-unsaturated/α-hetero) is 1. The van der Waals surface area contributed by atoms with E-state index >= 15 is 0 Å². The van der Waals surface area contributed by atoms with Crippen LogP contribution in [0, 0.1) is 5.41 Å². The highest BCUT2D eigenvalue weighted by Crippen LogP contribution is 2.31. The lowest BCUT2D eigenvalue weighted by Gasteiger charge is -2.35. The van der Waals surface area contributed by atoms with Gasteiger partial charge in [0.1, 0.15) is 18.7 Å². The quantitative estimate of drug-likeness (QED) is 0.775. The summed E-state index contributed by atoms with van der Waals surface area (Å²) < 4.78 is 5.52. The Kier molecular flexibility index (Phi) is 6.41. The van der Waals surface area contributed by atoms with Gasteiger partial charge in [0.05, 0.1) is 6.10 Å². The molecule has 0 radical (unpaired) electrons. The summed E-state index contributed by atoms with van der Waals surface area (Å²) >= 11 is 0. The number of amides is 2. The minimum atomic E-state index is -0.726. The van der Waals surface area contributed by atoms with Crippen LogP contribution in [0.5, 0.6) is 0 Å². The minimum absolute atomic E-state index is 0.0515. The maximum absolute atomic E-state index is 13.4. The van der Waals surface area contributed by atoms with Gasteiger partial charge in [0.15, 0.2) is 5.78 Å². The first-order chi connectivity index (χ1) is 15.1. The lowest BCUT2D eigenvalue weighted by molar-refractivity contribution is -0.140. The second kappa shape index (κ2) is 8.94. The number of nitrogens with zero attached hydrogens (tertiary/aromatic N) is 2. The summed E-state index contributed by atoms with van der Waals surface area (Å²) in [5.41, 5.74) is 1.31. The summed E-state index contributed by atoms with van der Waals surface area (Å²) in [7, 11) is 2.15. The lowest BCUT2D eigenvalue weighted by Crippen LogP contribution is -2.57. The van der Waals surface area contributed by atoms with Crippen molar-refractivity contribution in [2.24, 2.45) is 5.41 Å². The smallest absolute Gasteiger partial charge is 0.251 e. The van der Waals surface area contributed by atoms with Crippen molar-refractivity contribution in [3.8, 4) is 0 Å². The number of rotatable bonds is 4. The molecule has 174 valence electrons. The van der Waals surface area contributed by atoms with Crippen molar-refractivity contribution in [2.45, 2.75) is 64.1 Å². The molecule has 2 amide bonds. The third-order valence-corrected chi connectivity index (χ3v) is 7.15. The van der Waals surface area contributed by atoms with E-state index in [1.807, 2.05) is 45.0 Å². The zero-order valence-corrected chi connectivity index (χ0v) is 19.6. The average molecular weight is 442 g/mol. The van der Waals surface area contributed by atoms with Crippen LogP contribution in [0.3, 0.4) is 0 Å². The number of piperidine rings is 1. The molecule has 0 unspecified atom stereocenters. The normalized spacial score (nSPS) is 25.6. The average Bonchev–Trinajstić information content (AvgIpc) is 3.34. The fraction of sp³-hybridized carbons (Fsp3) is 0.640. The van der Waals surface area contributed by atoms with Gasteiger partial charge in [0.25, 0.3) is 5.91 Å². The van der Waals surface area contributed by atoms with Crippen molar-refractivity contribution in [3.63, 3.8) is 0 Å². The molecule has 1 aromatic rings. The molecule has 0 spiro atoms. The van der Waals surface area contributed by atoms with E-state index in [9.17, 15) is 14.4 Å². The third-order valence-electron chi connectivity index (χ3n) is 7.15. The molecular weight excluding hydrogens is 406 g/mol. The monoisotopic (exact) mass is 441 g/mol. The van der Waals surface area contributed by atoms with Crippen LogP contribution < -0.4 is 5.32 Å². The summed E-state index contributed by atoms with van der Waals surface area (Å²) in [6, 6.07) is 6.55. The first-order valence-corrected chi connectivity index (χ1v) is 11.7. The van der Waals surface area contributed by atoms with Gasteiger partial charge in [0, 0.05) is 12.1 Å². The van der Waals surface area contributed by atoms with Crippen molar-refractivity contribution >= 4 is 17.6 Å². The van der Waals surface area contributed by atoms with Crippen LogP contribution >= 0.6 is 0 Å². The molecule has 1 N–H and O–H groups in total. The fourth-order valence-electron chi connectivity index (χ4n) is 5.12. The molecule has 32 heavy (non-hydrogen) atoms. The van der Waals surface area contributed by atoms with E-state index in [2.05, 4.69) is 17.3 Å². The Morgan fingerprint density at radius 3 is 2.34 bits per heavy atom. The third kappa shape index (κ3) is 4.59. The Morgan fingerprint density at radius 1 is 1.06 bits per heavy atom. The summed E-state index contributed by atoms with van der Waals surface area (Å²) in [6.45, 7) is 8.52. The topological polar surface area (TPSA) is 79.0 Å². The van der Waals surface area contributed by atoms with Gasteiger partial charge in [-0.25, -0.2) is 0 Å². The first-order valence-electron chi connectivity index (χ1n) is 11.7. The molecule has 0 aliphatic carbocycles. The summed E-state index contributed by atoms with van der Waals surface area (Å²) in [4.78, 5) is 42.7. The molecule has 7 heteroatoms. The zero-order chi connectivity index (χ0) is 23.0. The Morgan fingerprint density at radius 2 is 1.72 bits per heavy atom. The molecule has 3 atom stereocenters. The van der Waals surface area contributed by atoms with Crippen LogP contribution in [0.4, 0.5) is 0 Å². The highest BCUT2D eigenvalue weighted by molar-refractivity contribution is 5.99. The van der Waals surface area contributed by atoms with E-state index in [1.165, 1.54) is 5.56 Å². The molecule has 7 nitrogen and oxygen atoms in total. The number of ketones is 1. The number of carbonyl (C=O) groups excluding carboxylic acids is 3. The van der Waals surface area contributed by atoms with Crippen molar-refractivity contribution in [1.29, 1.82) is 0 Å². The first kappa shape index (κ1) is 22.9. The molecule has 3 heterocycles. The van der Waals surface area contributed by atoms with E-state index in [0.29, 0.717) is 24.4 Å². The predicted molar refractivity (Wildman–Crippen MR) is 121 cm³/mol. The second-order valence-corrected chi connectivity index (χ2v) is 10.6. The van der Waals surface area contributed by atoms with Crippen molar-refractivity contribution in [2.75, 3.05) is 33.3 Å². The van der Waals surface area contributed by atoms with E-state index in [4.69, 9.17) is 4.74 Å². The highest BCUT2D eigenvalue weighted by Gasteiger charge is 2.49. The Balaban J connectivity index is 1.45. The standard InChI is InChI=1S/C25H35N3O4/c1-25(2,3)22(24(31)28-14-11-20-21(28)19(29)15-32-20)26-23(30)18-7-5-16(6-8-18)17-9-12-27(4)13-10-17/h5-8,17,20-22H,9-15H2,1-4H3,(H,26,30)/t20-,21-,22-/m1/s1. The Labute approximate surface area is 190 Å². The van der Waals surface area contributed by atoms with Crippen molar-refractivity contribution < 1.29 is 19.1 Å². The molecule has 1 aromatic carbocycles. The molecule has 4 rings (SSSR count). The van der Waals surface area contributed by atoms with Crippen molar-refractivity contribution in [3.05, 3.63) is 35.4 Å². The van der Waals surface area contributed by atoms with Crippen LogP contribution in [-0.4, -0.2) is 78.9 Å². The molecule has 0 aromatic heterocycles. The highest BCUT2D eigenvalue weighted by atomic mass is 16.5. The van der Waals surface area contributed by atoms with Crippen LogP contribution in [0.15, 0.2) is 24.3 Å². The lowest BCUT2D eigenvalue weighted by atomic mass is 9.85. The maximum Gasteiger partial charge on any atom is 0.251 e. The van der Waals surface area contributed by atoms with Crippen LogP contribution in [0.25, 0.3) is 0 Å². The number of fused-ring (bicyclic) bond motifs is 1. The molecule has 3 saturated heterocycles. The van der Waals surface area contributed by atoms with Crippen LogP contribution in [0.1, 0.15) is 61.9 Å². The van der Waals surface area contributed by atoms with Crippen LogP contribution in [-0.2, 0) is 14.3 Å². The summed E-state index contributed by atoms with van der Waals surface area (Å²) in [5, 5.41) is 2.96. The fourth-order valence-corrected chi connectivity index (χ4v) is 5.12. The molecular formula is C25H35N3O4.